The second-order valence-corrected chi connectivity index (χ2v) is 4.53. The topological polar surface area (TPSA) is 103 Å². The van der Waals surface area contributed by atoms with E-state index < -0.39 is 12.0 Å². The first-order chi connectivity index (χ1) is 9.51. The second kappa shape index (κ2) is 5.89. The summed E-state index contributed by atoms with van der Waals surface area (Å²) >= 11 is 6.09. The van der Waals surface area contributed by atoms with Gasteiger partial charge in [-0.1, -0.05) is 16.8 Å². The van der Waals surface area contributed by atoms with Crippen LogP contribution in [0.1, 0.15) is 5.69 Å². The van der Waals surface area contributed by atoms with E-state index in [1.807, 2.05) is 0 Å². The first-order valence-corrected chi connectivity index (χ1v) is 6.12. The molecule has 1 unspecified atom stereocenters. The number of hydrogen-bond donors (Lipinski definition) is 2. The Bertz CT molecular complexity index is 629. The van der Waals surface area contributed by atoms with Crippen LogP contribution in [0.3, 0.4) is 0 Å². The Morgan fingerprint density at radius 1 is 1.60 bits per heavy atom. The van der Waals surface area contributed by atoms with Gasteiger partial charge >= 0.3 is 5.97 Å². The van der Waals surface area contributed by atoms with Gasteiger partial charge in [-0.2, -0.15) is 0 Å². The zero-order valence-electron chi connectivity index (χ0n) is 10.7. The van der Waals surface area contributed by atoms with E-state index in [4.69, 9.17) is 27.2 Å². The smallest absolute Gasteiger partial charge is 0.320 e. The predicted octanol–water partition coefficient (Wildman–Crippen LogP) is 0.884. The number of carbonyl (C=O) groups is 1. The van der Waals surface area contributed by atoms with Gasteiger partial charge in [0.05, 0.1) is 29.7 Å². The van der Waals surface area contributed by atoms with Crippen LogP contribution in [-0.4, -0.2) is 39.2 Å². The Hall–Kier alpha value is -2.12. The van der Waals surface area contributed by atoms with Crippen LogP contribution in [0.4, 0.5) is 0 Å². The molecule has 0 saturated heterocycles. The molecule has 0 aliphatic heterocycles. The third-order valence-electron chi connectivity index (χ3n) is 2.69. The molecule has 1 atom stereocenters. The molecule has 0 aliphatic rings. The van der Waals surface area contributed by atoms with Crippen molar-refractivity contribution < 1.29 is 14.6 Å². The maximum Gasteiger partial charge on any atom is 0.320 e. The van der Waals surface area contributed by atoms with Crippen LogP contribution >= 0.6 is 11.6 Å². The van der Waals surface area contributed by atoms with E-state index in [0.29, 0.717) is 22.2 Å². The average Bonchev–Trinajstić information content (AvgIpc) is 2.87. The van der Waals surface area contributed by atoms with Gasteiger partial charge in [-0.25, -0.2) is 4.68 Å². The van der Waals surface area contributed by atoms with Crippen molar-refractivity contribution >= 4 is 17.6 Å². The fraction of sp³-hybridized carbons (Fsp3) is 0.250. The normalized spacial score (nSPS) is 12.2. The summed E-state index contributed by atoms with van der Waals surface area (Å²) in [6.07, 6.45) is 1.68. The lowest BCUT2D eigenvalue weighted by Crippen LogP contribution is -2.32. The van der Waals surface area contributed by atoms with Crippen LogP contribution in [0, 0.1) is 0 Å². The number of nitrogens with two attached hydrogens (primary N) is 1. The molecular formula is C12H13ClN4O3. The molecule has 3 N–H and O–H groups in total. The first kappa shape index (κ1) is 14.3. The van der Waals surface area contributed by atoms with Gasteiger partial charge in [-0.3, -0.25) is 4.79 Å². The zero-order chi connectivity index (χ0) is 14.7. The molecule has 1 heterocycles. The molecule has 106 valence electrons. The quantitative estimate of drug-likeness (QED) is 0.849. The molecule has 0 amide bonds. The molecule has 0 aliphatic carbocycles. The lowest BCUT2D eigenvalue weighted by atomic mass is 10.2. The van der Waals surface area contributed by atoms with E-state index in [1.54, 1.807) is 31.5 Å². The van der Waals surface area contributed by atoms with E-state index in [-0.39, 0.29) is 6.42 Å². The highest BCUT2D eigenvalue weighted by Crippen LogP contribution is 2.24. The minimum Gasteiger partial charge on any atom is -0.497 e. The van der Waals surface area contributed by atoms with E-state index in [0.717, 1.165) is 0 Å². The molecule has 0 radical (unpaired) electrons. The molecule has 8 heteroatoms. The van der Waals surface area contributed by atoms with Crippen LogP contribution < -0.4 is 10.5 Å². The minimum absolute atomic E-state index is 0.0942. The summed E-state index contributed by atoms with van der Waals surface area (Å²) in [7, 11) is 1.55. The fourth-order valence-corrected chi connectivity index (χ4v) is 1.82. The molecule has 7 nitrogen and oxygen atoms in total. The van der Waals surface area contributed by atoms with Crippen molar-refractivity contribution in [3.05, 3.63) is 35.1 Å². The van der Waals surface area contributed by atoms with Gasteiger partial charge in [0.25, 0.3) is 0 Å². The number of aliphatic carboxylic acids is 1. The van der Waals surface area contributed by atoms with Crippen LogP contribution in [0.5, 0.6) is 5.75 Å². The number of ether oxygens (including phenoxy) is 1. The van der Waals surface area contributed by atoms with Gasteiger partial charge in [0.2, 0.25) is 0 Å². The van der Waals surface area contributed by atoms with Crippen molar-refractivity contribution in [3.63, 3.8) is 0 Å². The Kier molecular flexibility index (Phi) is 4.21. The Labute approximate surface area is 119 Å². The molecule has 2 aromatic rings. The molecular weight excluding hydrogens is 284 g/mol. The molecule has 0 saturated carbocycles. The highest BCUT2D eigenvalue weighted by molar-refractivity contribution is 6.32. The Balaban J connectivity index is 2.26. The molecule has 1 aromatic carbocycles. The molecule has 0 bridgehead atoms. The van der Waals surface area contributed by atoms with Gasteiger partial charge in [-0.05, 0) is 12.1 Å². The minimum atomic E-state index is -1.08. The van der Waals surface area contributed by atoms with E-state index in [1.165, 1.54) is 4.68 Å². The van der Waals surface area contributed by atoms with Gasteiger partial charge < -0.3 is 15.6 Å². The largest absolute Gasteiger partial charge is 0.497 e. The summed E-state index contributed by atoms with van der Waals surface area (Å²) in [5.41, 5.74) is 6.51. The molecule has 2 rings (SSSR count). The number of benzene rings is 1. The van der Waals surface area contributed by atoms with Gasteiger partial charge in [0.15, 0.2) is 0 Å². The van der Waals surface area contributed by atoms with Crippen molar-refractivity contribution in [2.75, 3.05) is 7.11 Å². The summed E-state index contributed by atoms with van der Waals surface area (Å²) < 4.78 is 6.57. The highest BCUT2D eigenvalue weighted by atomic mass is 35.5. The average molecular weight is 297 g/mol. The summed E-state index contributed by atoms with van der Waals surface area (Å²) in [5, 5.41) is 17.0. The van der Waals surface area contributed by atoms with Crippen LogP contribution in [0.2, 0.25) is 5.02 Å². The van der Waals surface area contributed by atoms with Crippen LogP contribution in [-0.2, 0) is 11.2 Å². The second-order valence-electron chi connectivity index (χ2n) is 4.12. The van der Waals surface area contributed by atoms with Crippen LogP contribution in [0.25, 0.3) is 5.69 Å². The number of nitrogens with zero attached hydrogens (tertiary/aromatic N) is 3. The van der Waals surface area contributed by atoms with Crippen molar-refractivity contribution in [3.8, 4) is 11.4 Å². The molecule has 0 fully saturated rings. The SMILES string of the molecule is COc1ccc(Cl)c(-n2cc(CC(N)C(=O)O)nn2)c1. The summed E-state index contributed by atoms with van der Waals surface area (Å²) in [6, 6.07) is 4.10. The van der Waals surface area contributed by atoms with E-state index in [9.17, 15) is 4.79 Å². The van der Waals surface area contributed by atoms with E-state index in [2.05, 4.69) is 10.3 Å². The molecule has 0 spiro atoms. The van der Waals surface area contributed by atoms with E-state index >= 15 is 0 Å². The number of methoxy groups -OCH3 is 1. The number of rotatable bonds is 5. The van der Waals surface area contributed by atoms with Crippen molar-refractivity contribution in [1.82, 2.24) is 15.0 Å². The molecule has 1 aromatic heterocycles. The van der Waals surface area contributed by atoms with Crippen LogP contribution in [0.15, 0.2) is 24.4 Å². The monoisotopic (exact) mass is 296 g/mol. The third-order valence-corrected chi connectivity index (χ3v) is 3.01. The van der Waals surface area contributed by atoms with Crippen molar-refractivity contribution in [2.24, 2.45) is 5.73 Å². The lowest BCUT2D eigenvalue weighted by Gasteiger charge is -2.06. The van der Waals surface area contributed by atoms with Gasteiger partial charge in [0, 0.05) is 12.5 Å². The maximum absolute atomic E-state index is 10.7. The summed E-state index contributed by atoms with van der Waals surface area (Å²) in [4.78, 5) is 10.7. The third kappa shape index (κ3) is 3.06. The van der Waals surface area contributed by atoms with Gasteiger partial charge in [-0.15, -0.1) is 5.10 Å². The lowest BCUT2D eigenvalue weighted by molar-refractivity contribution is -0.138. The number of carboxylic acid groups (broad SMARTS) is 1. The van der Waals surface area contributed by atoms with Crippen molar-refractivity contribution in [2.45, 2.75) is 12.5 Å². The maximum atomic E-state index is 10.7. The first-order valence-electron chi connectivity index (χ1n) is 5.75. The molecule has 20 heavy (non-hydrogen) atoms. The summed E-state index contributed by atoms with van der Waals surface area (Å²) in [6.45, 7) is 0. The fourth-order valence-electron chi connectivity index (χ4n) is 1.62. The van der Waals surface area contributed by atoms with Gasteiger partial charge in [0.1, 0.15) is 11.8 Å². The highest BCUT2D eigenvalue weighted by Gasteiger charge is 2.15. The Morgan fingerprint density at radius 2 is 2.35 bits per heavy atom. The number of aromatic nitrogens is 3. The number of carboxylic acids is 1. The Morgan fingerprint density at radius 3 is 3.00 bits per heavy atom. The summed E-state index contributed by atoms with van der Waals surface area (Å²) in [5.74, 6) is -0.456. The number of hydrogen-bond acceptors (Lipinski definition) is 5. The number of halogens is 1. The van der Waals surface area contributed by atoms with Crippen molar-refractivity contribution in [1.29, 1.82) is 0 Å². The standard InChI is InChI=1S/C12H13ClN4O3/c1-20-8-2-3-9(13)11(5-8)17-6-7(15-16-17)4-10(14)12(18)19/h2-3,5-6,10H,4,14H2,1H3,(H,18,19). The predicted molar refractivity (Wildman–Crippen MR) is 72.2 cm³/mol. The zero-order valence-corrected chi connectivity index (χ0v) is 11.4.